The third-order valence-electron chi connectivity index (χ3n) is 3.35. The van der Waals surface area contributed by atoms with Crippen molar-refractivity contribution in [3.63, 3.8) is 0 Å². The van der Waals surface area contributed by atoms with Gasteiger partial charge in [-0.25, -0.2) is 0 Å². The van der Waals surface area contributed by atoms with Crippen molar-refractivity contribution in [2.75, 3.05) is 6.54 Å². The predicted molar refractivity (Wildman–Crippen MR) is 50.2 cm³/mol. The van der Waals surface area contributed by atoms with Crippen molar-refractivity contribution < 1.29 is 4.79 Å². The highest BCUT2D eigenvalue weighted by atomic mass is 16.2. The molecular formula is C11H17NO. The summed E-state index contributed by atoms with van der Waals surface area (Å²) in [6.45, 7) is 1.08. The molecule has 0 bridgehead atoms. The van der Waals surface area contributed by atoms with Gasteiger partial charge in [-0.1, -0.05) is 0 Å². The van der Waals surface area contributed by atoms with Crippen molar-refractivity contribution >= 4 is 5.91 Å². The van der Waals surface area contributed by atoms with E-state index in [0.29, 0.717) is 17.9 Å². The summed E-state index contributed by atoms with van der Waals surface area (Å²) in [5.74, 6) is 1.78. The molecule has 3 saturated carbocycles. The summed E-state index contributed by atoms with van der Waals surface area (Å²) < 4.78 is 0. The molecule has 0 aromatic heterocycles. The second-order valence-electron chi connectivity index (χ2n) is 4.94. The van der Waals surface area contributed by atoms with Gasteiger partial charge in [0.1, 0.15) is 0 Å². The first-order chi connectivity index (χ1) is 6.34. The summed E-state index contributed by atoms with van der Waals surface area (Å²) in [4.78, 5) is 14.1. The van der Waals surface area contributed by atoms with Crippen LogP contribution >= 0.6 is 0 Å². The van der Waals surface area contributed by atoms with Gasteiger partial charge in [0.05, 0.1) is 0 Å². The van der Waals surface area contributed by atoms with Crippen molar-refractivity contribution in [1.29, 1.82) is 0 Å². The summed E-state index contributed by atoms with van der Waals surface area (Å²) >= 11 is 0. The van der Waals surface area contributed by atoms with Crippen LogP contribution in [-0.2, 0) is 4.79 Å². The zero-order chi connectivity index (χ0) is 8.84. The zero-order valence-corrected chi connectivity index (χ0v) is 8.04. The predicted octanol–water partition coefficient (Wildman–Crippen LogP) is 1.80. The molecule has 0 saturated heterocycles. The van der Waals surface area contributed by atoms with E-state index in [1.165, 1.54) is 25.7 Å². The Hall–Kier alpha value is -0.530. The van der Waals surface area contributed by atoms with E-state index in [9.17, 15) is 4.79 Å². The molecule has 72 valence electrons. The van der Waals surface area contributed by atoms with E-state index >= 15 is 0 Å². The summed E-state index contributed by atoms with van der Waals surface area (Å²) in [6, 6.07) is 0.647. The van der Waals surface area contributed by atoms with E-state index in [1.54, 1.807) is 0 Å². The fourth-order valence-corrected chi connectivity index (χ4v) is 1.95. The van der Waals surface area contributed by atoms with E-state index in [1.807, 2.05) is 0 Å². The minimum Gasteiger partial charge on any atom is -0.339 e. The van der Waals surface area contributed by atoms with Gasteiger partial charge in [0, 0.05) is 18.5 Å². The first-order valence-electron chi connectivity index (χ1n) is 5.65. The first-order valence-corrected chi connectivity index (χ1v) is 5.65. The molecule has 0 unspecified atom stereocenters. The normalized spacial score (nSPS) is 27.4. The van der Waals surface area contributed by atoms with Crippen LogP contribution in [0.1, 0.15) is 38.5 Å². The van der Waals surface area contributed by atoms with Crippen LogP contribution in [0, 0.1) is 11.8 Å². The van der Waals surface area contributed by atoms with Crippen LogP contribution in [0.2, 0.25) is 0 Å². The molecule has 0 aromatic rings. The van der Waals surface area contributed by atoms with Gasteiger partial charge in [0.15, 0.2) is 0 Å². The van der Waals surface area contributed by atoms with Gasteiger partial charge in [-0.3, -0.25) is 4.79 Å². The number of hydrogen-bond acceptors (Lipinski definition) is 1. The Labute approximate surface area is 79.3 Å². The Kier molecular flexibility index (Phi) is 1.64. The van der Waals surface area contributed by atoms with E-state index in [2.05, 4.69) is 4.90 Å². The maximum atomic E-state index is 11.9. The van der Waals surface area contributed by atoms with Crippen LogP contribution in [0.3, 0.4) is 0 Å². The van der Waals surface area contributed by atoms with Gasteiger partial charge >= 0.3 is 0 Å². The molecule has 0 radical (unpaired) electrons. The van der Waals surface area contributed by atoms with Gasteiger partial charge in [-0.05, 0) is 44.4 Å². The van der Waals surface area contributed by atoms with E-state index < -0.39 is 0 Å². The summed E-state index contributed by atoms with van der Waals surface area (Å²) in [5.41, 5.74) is 0. The van der Waals surface area contributed by atoms with E-state index in [4.69, 9.17) is 0 Å². The monoisotopic (exact) mass is 179 g/mol. The second kappa shape index (κ2) is 2.73. The molecule has 1 amide bonds. The van der Waals surface area contributed by atoms with Gasteiger partial charge in [0.25, 0.3) is 0 Å². The van der Waals surface area contributed by atoms with Gasteiger partial charge < -0.3 is 4.90 Å². The highest BCUT2D eigenvalue weighted by molar-refractivity contribution is 5.81. The number of rotatable bonds is 4. The molecule has 2 heteroatoms. The maximum Gasteiger partial charge on any atom is 0.225 e. The zero-order valence-electron chi connectivity index (χ0n) is 8.04. The fourth-order valence-electron chi connectivity index (χ4n) is 1.95. The average Bonchev–Trinajstić information content (AvgIpc) is 3.03. The molecule has 0 aliphatic heterocycles. The van der Waals surface area contributed by atoms with Gasteiger partial charge in [0.2, 0.25) is 5.91 Å². The highest BCUT2D eigenvalue weighted by Crippen LogP contribution is 2.39. The van der Waals surface area contributed by atoms with E-state index in [-0.39, 0.29) is 0 Å². The van der Waals surface area contributed by atoms with Crippen molar-refractivity contribution in [3.05, 3.63) is 0 Å². The minimum absolute atomic E-state index is 0.430. The molecular weight excluding hydrogens is 162 g/mol. The number of carbonyl (C=O) groups excluding carboxylic acids is 1. The summed E-state index contributed by atoms with van der Waals surface area (Å²) in [7, 11) is 0. The van der Waals surface area contributed by atoms with Gasteiger partial charge in [-0.15, -0.1) is 0 Å². The smallest absolute Gasteiger partial charge is 0.225 e. The quantitative estimate of drug-likeness (QED) is 0.644. The fraction of sp³-hybridized carbons (Fsp3) is 0.909. The lowest BCUT2D eigenvalue weighted by atomic mass is 10.3. The molecule has 0 N–H and O–H groups in total. The standard InChI is InChI=1S/C11H17NO/c13-11(9-3-4-9)12(10-5-6-10)7-8-1-2-8/h8-10H,1-7H2. The third kappa shape index (κ3) is 1.72. The van der Waals surface area contributed by atoms with E-state index in [0.717, 1.165) is 25.3 Å². The Morgan fingerprint density at radius 2 is 1.77 bits per heavy atom. The SMILES string of the molecule is O=C(C1CC1)N(CC1CC1)C1CC1. The topological polar surface area (TPSA) is 20.3 Å². The van der Waals surface area contributed by atoms with Crippen LogP contribution in [-0.4, -0.2) is 23.4 Å². The Morgan fingerprint density at radius 1 is 1.08 bits per heavy atom. The van der Waals surface area contributed by atoms with Gasteiger partial charge in [-0.2, -0.15) is 0 Å². The minimum atomic E-state index is 0.430. The Balaban J connectivity index is 1.62. The molecule has 3 rings (SSSR count). The molecule has 0 aromatic carbocycles. The molecule has 0 atom stereocenters. The molecule has 3 aliphatic rings. The van der Waals surface area contributed by atoms with Crippen molar-refractivity contribution in [1.82, 2.24) is 4.90 Å². The lowest BCUT2D eigenvalue weighted by Crippen LogP contribution is -2.35. The summed E-state index contributed by atoms with van der Waals surface area (Å²) in [5, 5.41) is 0. The van der Waals surface area contributed by atoms with Crippen molar-refractivity contribution in [3.8, 4) is 0 Å². The number of nitrogens with zero attached hydrogens (tertiary/aromatic N) is 1. The van der Waals surface area contributed by atoms with Crippen molar-refractivity contribution in [2.45, 2.75) is 44.6 Å². The maximum absolute atomic E-state index is 11.9. The molecule has 3 aliphatic carbocycles. The number of amides is 1. The largest absolute Gasteiger partial charge is 0.339 e. The van der Waals surface area contributed by atoms with Crippen LogP contribution in [0.5, 0.6) is 0 Å². The van der Waals surface area contributed by atoms with Crippen LogP contribution in [0.25, 0.3) is 0 Å². The van der Waals surface area contributed by atoms with Crippen molar-refractivity contribution in [2.24, 2.45) is 11.8 Å². The highest BCUT2D eigenvalue weighted by Gasteiger charge is 2.41. The first kappa shape index (κ1) is 7.84. The molecule has 3 fully saturated rings. The Bertz CT molecular complexity index is 226. The van der Waals surface area contributed by atoms with Crippen LogP contribution < -0.4 is 0 Å². The Morgan fingerprint density at radius 3 is 2.23 bits per heavy atom. The van der Waals surface area contributed by atoms with Crippen LogP contribution in [0.4, 0.5) is 0 Å². The number of hydrogen-bond donors (Lipinski definition) is 0. The second-order valence-corrected chi connectivity index (χ2v) is 4.94. The van der Waals surface area contributed by atoms with Crippen LogP contribution in [0.15, 0.2) is 0 Å². The third-order valence-corrected chi connectivity index (χ3v) is 3.35. The average molecular weight is 179 g/mol. The molecule has 13 heavy (non-hydrogen) atoms. The number of carbonyl (C=O) groups is 1. The lowest BCUT2D eigenvalue weighted by molar-refractivity contribution is -0.133. The molecule has 0 heterocycles. The molecule has 2 nitrogen and oxygen atoms in total. The lowest BCUT2D eigenvalue weighted by Gasteiger charge is -2.22. The molecule has 0 spiro atoms. The summed E-state index contributed by atoms with van der Waals surface area (Å²) in [6.07, 6.45) is 7.58.